The van der Waals surface area contributed by atoms with Crippen LogP contribution in [0.3, 0.4) is 0 Å². The molecule has 0 aliphatic carbocycles. The molecule has 0 bridgehead atoms. The minimum absolute atomic E-state index is 0.00379. The molecule has 0 amide bonds. The Morgan fingerprint density at radius 2 is 1.88 bits per heavy atom. The van der Waals surface area contributed by atoms with Crippen molar-refractivity contribution in [3.63, 3.8) is 0 Å². The maximum absolute atomic E-state index is 13.0. The van der Waals surface area contributed by atoms with Gasteiger partial charge in [0, 0.05) is 30.6 Å². The molecule has 224 valence electrons. The van der Waals surface area contributed by atoms with E-state index in [0.717, 1.165) is 17.3 Å². The molecule has 1 aromatic carbocycles. The molecule has 0 unspecified atom stereocenters. The molecule has 0 saturated heterocycles. The minimum atomic E-state index is -4.59. The van der Waals surface area contributed by atoms with Gasteiger partial charge in [-0.25, -0.2) is 4.98 Å². The third-order valence-corrected chi connectivity index (χ3v) is 6.03. The SMILES string of the molecule is CCn1nc(OCCCc2ccc(OCCOC(C)C)cc2Oc2ncc(C(F)(F)F)cc2Cl)cc1CCC(=O)O. The number of carboxylic acids is 1. The molecule has 13 heteroatoms. The summed E-state index contributed by atoms with van der Waals surface area (Å²) in [6.07, 6.45) is -2.48. The Balaban J connectivity index is 1.69. The minimum Gasteiger partial charge on any atom is -0.491 e. The number of halogens is 4. The van der Waals surface area contributed by atoms with Crippen LogP contribution < -0.4 is 14.2 Å². The summed E-state index contributed by atoms with van der Waals surface area (Å²) in [6.45, 7) is 7.30. The van der Waals surface area contributed by atoms with E-state index in [2.05, 4.69) is 10.1 Å². The molecule has 41 heavy (non-hydrogen) atoms. The second-order valence-corrected chi connectivity index (χ2v) is 9.69. The highest BCUT2D eigenvalue weighted by molar-refractivity contribution is 6.31. The summed E-state index contributed by atoms with van der Waals surface area (Å²) < 4.78 is 63.7. The first-order chi connectivity index (χ1) is 19.5. The van der Waals surface area contributed by atoms with Gasteiger partial charge in [0.25, 0.3) is 0 Å². The van der Waals surface area contributed by atoms with Crippen molar-refractivity contribution in [1.82, 2.24) is 14.8 Å². The highest BCUT2D eigenvalue weighted by Crippen LogP contribution is 2.36. The Hall–Kier alpha value is -3.51. The lowest BCUT2D eigenvalue weighted by atomic mass is 10.1. The van der Waals surface area contributed by atoms with E-state index in [9.17, 15) is 18.0 Å². The molecule has 3 aromatic rings. The van der Waals surface area contributed by atoms with E-state index in [4.69, 9.17) is 35.7 Å². The molecule has 0 radical (unpaired) electrons. The van der Waals surface area contributed by atoms with Gasteiger partial charge in [0.05, 0.1) is 31.3 Å². The van der Waals surface area contributed by atoms with Crippen LogP contribution in [-0.4, -0.2) is 51.8 Å². The number of aryl methyl sites for hydroxylation is 3. The van der Waals surface area contributed by atoms with Gasteiger partial charge in [-0.15, -0.1) is 5.10 Å². The molecule has 0 fully saturated rings. The number of benzene rings is 1. The molecule has 9 nitrogen and oxygen atoms in total. The number of pyridine rings is 1. The van der Waals surface area contributed by atoms with Crippen molar-refractivity contribution in [1.29, 1.82) is 0 Å². The third-order valence-electron chi connectivity index (χ3n) is 5.76. The van der Waals surface area contributed by atoms with Crippen LogP contribution in [0.4, 0.5) is 13.2 Å². The summed E-state index contributed by atoms with van der Waals surface area (Å²) in [6, 6.07) is 7.67. The maximum atomic E-state index is 13.0. The molecular weight excluding hydrogens is 567 g/mol. The first kappa shape index (κ1) is 32.0. The zero-order chi connectivity index (χ0) is 30.0. The topological polar surface area (TPSA) is 105 Å². The molecule has 3 rings (SSSR count). The van der Waals surface area contributed by atoms with Crippen molar-refractivity contribution in [3.8, 4) is 23.3 Å². The lowest BCUT2D eigenvalue weighted by Gasteiger charge is -2.15. The number of carbonyl (C=O) groups is 1. The van der Waals surface area contributed by atoms with Gasteiger partial charge in [-0.05, 0) is 57.7 Å². The van der Waals surface area contributed by atoms with Crippen molar-refractivity contribution in [2.45, 2.75) is 65.3 Å². The van der Waals surface area contributed by atoms with Crippen LogP contribution >= 0.6 is 11.6 Å². The van der Waals surface area contributed by atoms with Gasteiger partial charge < -0.3 is 24.1 Å². The van der Waals surface area contributed by atoms with E-state index in [0.29, 0.717) is 69.2 Å². The van der Waals surface area contributed by atoms with Gasteiger partial charge in [-0.1, -0.05) is 17.7 Å². The molecule has 0 aliphatic heterocycles. The number of carboxylic acid groups (broad SMARTS) is 1. The number of aliphatic carboxylic acids is 1. The molecule has 1 N–H and O–H groups in total. The Labute approximate surface area is 241 Å². The zero-order valence-electron chi connectivity index (χ0n) is 23.0. The van der Waals surface area contributed by atoms with Crippen molar-refractivity contribution < 1.29 is 42.0 Å². The highest BCUT2D eigenvalue weighted by Gasteiger charge is 2.32. The third kappa shape index (κ3) is 10.1. The van der Waals surface area contributed by atoms with E-state index in [1.165, 1.54) is 0 Å². The second kappa shape index (κ2) is 14.9. The Kier molecular flexibility index (Phi) is 11.7. The Morgan fingerprint density at radius 1 is 1.10 bits per heavy atom. The van der Waals surface area contributed by atoms with Crippen molar-refractivity contribution in [2.24, 2.45) is 0 Å². The molecule has 0 aliphatic rings. The van der Waals surface area contributed by atoms with Gasteiger partial charge in [0.1, 0.15) is 23.1 Å². The maximum Gasteiger partial charge on any atom is 0.417 e. The van der Waals surface area contributed by atoms with E-state index in [-0.39, 0.29) is 23.4 Å². The fourth-order valence-corrected chi connectivity index (χ4v) is 3.98. The molecule has 2 heterocycles. The summed E-state index contributed by atoms with van der Waals surface area (Å²) in [5.74, 6) is 0.151. The van der Waals surface area contributed by atoms with E-state index in [1.54, 1.807) is 28.9 Å². The van der Waals surface area contributed by atoms with Gasteiger partial charge in [0.15, 0.2) is 0 Å². The number of aromatic nitrogens is 3. The molecule has 0 atom stereocenters. The standard InChI is InChI=1S/C28H33ClF3N3O6/c1-4-35-21(8-10-26(36)37)15-25(34-35)40-11-5-6-19-7-9-22(39-13-12-38-18(2)3)16-24(19)41-27-23(29)14-20(17-33-27)28(30,31)32/h7,9,14-18H,4-6,8,10-13H2,1-3H3,(H,36,37). The quantitative estimate of drug-likeness (QED) is 0.184. The summed E-state index contributed by atoms with van der Waals surface area (Å²) >= 11 is 6.07. The van der Waals surface area contributed by atoms with E-state index in [1.807, 2.05) is 20.8 Å². The highest BCUT2D eigenvalue weighted by atomic mass is 35.5. The number of hydrogen-bond acceptors (Lipinski definition) is 7. The van der Waals surface area contributed by atoms with Crippen LogP contribution in [0.2, 0.25) is 5.02 Å². The number of nitrogens with zero attached hydrogens (tertiary/aromatic N) is 3. The van der Waals surface area contributed by atoms with Gasteiger partial charge in [0.2, 0.25) is 11.8 Å². The van der Waals surface area contributed by atoms with E-state index >= 15 is 0 Å². The van der Waals surface area contributed by atoms with Crippen LogP contribution in [0, 0.1) is 0 Å². The molecule has 0 spiro atoms. The van der Waals surface area contributed by atoms with Crippen molar-refractivity contribution in [3.05, 3.63) is 58.4 Å². The van der Waals surface area contributed by atoms with Crippen LogP contribution in [-0.2, 0) is 35.1 Å². The van der Waals surface area contributed by atoms with Crippen LogP contribution in [0.15, 0.2) is 36.5 Å². The summed E-state index contributed by atoms with van der Waals surface area (Å²) in [4.78, 5) is 14.7. The summed E-state index contributed by atoms with van der Waals surface area (Å²) in [5.41, 5.74) is 0.528. The average Bonchev–Trinajstić information content (AvgIpc) is 3.31. The molecule has 0 saturated carbocycles. The van der Waals surface area contributed by atoms with Crippen LogP contribution in [0.1, 0.15) is 50.4 Å². The van der Waals surface area contributed by atoms with Crippen LogP contribution in [0.25, 0.3) is 0 Å². The van der Waals surface area contributed by atoms with Gasteiger partial charge in [-0.2, -0.15) is 13.2 Å². The predicted molar refractivity (Wildman–Crippen MR) is 145 cm³/mol. The largest absolute Gasteiger partial charge is 0.491 e. The fourth-order valence-electron chi connectivity index (χ4n) is 3.78. The predicted octanol–water partition coefficient (Wildman–Crippen LogP) is 6.60. The van der Waals surface area contributed by atoms with Crippen molar-refractivity contribution >= 4 is 17.6 Å². The number of hydrogen-bond donors (Lipinski definition) is 1. The number of ether oxygens (including phenoxy) is 4. The smallest absolute Gasteiger partial charge is 0.417 e. The van der Waals surface area contributed by atoms with Gasteiger partial charge in [-0.3, -0.25) is 9.48 Å². The summed E-state index contributed by atoms with van der Waals surface area (Å²) in [5, 5.41) is 13.0. The number of alkyl halides is 3. The second-order valence-electron chi connectivity index (χ2n) is 9.28. The van der Waals surface area contributed by atoms with E-state index < -0.39 is 17.7 Å². The monoisotopic (exact) mass is 599 g/mol. The molecule has 2 aromatic heterocycles. The molecular formula is C28H33ClF3N3O6. The normalized spacial score (nSPS) is 11.6. The lowest BCUT2D eigenvalue weighted by molar-refractivity contribution is -0.138. The van der Waals surface area contributed by atoms with Crippen LogP contribution in [0.5, 0.6) is 23.3 Å². The summed E-state index contributed by atoms with van der Waals surface area (Å²) in [7, 11) is 0. The lowest BCUT2D eigenvalue weighted by Crippen LogP contribution is -2.11. The average molecular weight is 600 g/mol. The number of rotatable bonds is 16. The Bertz CT molecular complexity index is 1300. The first-order valence-corrected chi connectivity index (χ1v) is 13.5. The first-order valence-electron chi connectivity index (χ1n) is 13.2. The Morgan fingerprint density at radius 3 is 2.54 bits per heavy atom. The van der Waals surface area contributed by atoms with Crippen molar-refractivity contribution in [2.75, 3.05) is 19.8 Å². The fraction of sp³-hybridized carbons (Fsp3) is 0.464. The van der Waals surface area contributed by atoms with Gasteiger partial charge >= 0.3 is 12.1 Å². The zero-order valence-corrected chi connectivity index (χ0v) is 23.8.